The van der Waals surface area contributed by atoms with Crippen molar-refractivity contribution < 1.29 is 55.2 Å². The Hall–Kier alpha value is -1.44. The number of ether oxygens (including phenoxy) is 1. The Morgan fingerprint density at radius 2 is 0.916 bits per heavy atom. The summed E-state index contributed by atoms with van der Waals surface area (Å²) < 4.78 is 6.22. The third-order valence-corrected chi connectivity index (χ3v) is 33.9. The number of aliphatic hydroxyl groups excluding tert-OH is 4. The van der Waals surface area contributed by atoms with Gasteiger partial charge in [-0.15, -0.1) is 0 Å². The summed E-state index contributed by atoms with van der Waals surface area (Å²) in [4.78, 5) is 24.3. The first kappa shape index (κ1) is 55.6. The SMILES string of the molecule is C[C@]12CCC(=O)C=C1[C@@H]1C[C@@H]1C1C2CC[C@@]2(C)C1[C@@H]1C[C@@H]1[C@@]21CCC(=O)O1.C[C@]12CCC3C(C1[C@@H]1C[C@@H]1[C@@]2(O)CCCO)[C@H]1C[C@H]1[C@]1(O)C[C@@H](O)CC[C@]31C.C[C@]12CCC3C(C1[C@@H]1C[C@@H]1[C@@]2(O)CCCO)[C@H]1C[C@H]1[C@]1(O)C[C@@H](O)CC[C@]31C. The number of hydrogen-bond acceptors (Lipinski definition) is 11. The van der Waals surface area contributed by atoms with Crippen LogP contribution in [0.25, 0.3) is 0 Å². The minimum atomic E-state index is -0.682. The van der Waals surface area contributed by atoms with Crippen LogP contribution in [0.5, 0.6) is 0 Å². The standard InChI is InChI=1S/2C24H38O4.C24H30O3/c2*1-21-7-4-13(26)12-24(21,28)17-10-14(17)19-16(21)5-8-22(2)20(19)15-11-18(15)23(22,27)6-3-9-25;1-22-6-3-12(25)9-17(22)13-10-14(13)20-16(22)4-7-23(2)21(20)15-11-18(15)24(23)8-5-19(26)27-24/h2*13-20,25-28H,3-12H2,1-2H3;9,13-16,18,20-21H,3-8,10-11H2,1-2H3/t2*13-,14-,15+,16?,17+,18-,19?,20?,21+,22-,23-,24+;13-,14+,15-,16?,18+,20?,21?,22-,23+,24+/m001/s1. The van der Waals surface area contributed by atoms with Gasteiger partial charge in [-0.05, 0) is 293 Å². The summed E-state index contributed by atoms with van der Waals surface area (Å²) in [6.07, 6.45) is 26.4. The van der Waals surface area contributed by atoms with Crippen LogP contribution in [0, 0.1) is 157 Å². The highest BCUT2D eigenvalue weighted by Gasteiger charge is 2.85. The van der Waals surface area contributed by atoms with Crippen LogP contribution in [0.4, 0.5) is 0 Å². The second kappa shape index (κ2) is 17.1. The number of allylic oxidation sites excluding steroid dienone is 1. The van der Waals surface area contributed by atoms with E-state index in [1.54, 1.807) is 0 Å². The molecule has 17 saturated carbocycles. The first-order valence-electron chi connectivity index (χ1n) is 35.3. The van der Waals surface area contributed by atoms with Crippen molar-refractivity contribution >= 4 is 11.8 Å². The molecule has 1 heterocycles. The minimum Gasteiger partial charge on any atom is -0.458 e. The van der Waals surface area contributed by atoms with Crippen molar-refractivity contribution in [1.29, 1.82) is 0 Å². The van der Waals surface area contributed by atoms with Gasteiger partial charge in [0.05, 0.1) is 34.6 Å². The van der Waals surface area contributed by atoms with Gasteiger partial charge in [0.25, 0.3) is 0 Å². The Kier molecular flexibility index (Phi) is 11.5. The molecule has 9 unspecified atom stereocenters. The molecule has 19 rings (SSSR count). The molecule has 11 nitrogen and oxygen atoms in total. The normalized spacial score (nSPS) is 64.8. The maximum absolute atomic E-state index is 12.2. The largest absolute Gasteiger partial charge is 0.458 e. The lowest BCUT2D eigenvalue weighted by Crippen LogP contribution is -2.65. The fourth-order valence-electron chi connectivity index (χ4n) is 30.0. The van der Waals surface area contributed by atoms with Gasteiger partial charge in [0, 0.05) is 50.2 Å². The van der Waals surface area contributed by atoms with Crippen LogP contribution in [0.3, 0.4) is 0 Å². The second-order valence-electron chi connectivity index (χ2n) is 35.9. The molecule has 1 spiro atoms. The molecule has 8 N–H and O–H groups in total. The summed E-state index contributed by atoms with van der Waals surface area (Å²) in [6.45, 7) is 14.7. The van der Waals surface area contributed by atoms with E-state index in [-0.39, 0.29) is 69.5 Å². The molecule has 11 heteroatoms. The van der Waals surface area contributed by atoms with Gasteiger partial charge >= 0.3 is 5.97 Å². The predicted octanol–water partition coefficient (Wildman–Crippen LogP) is 9.75. The molecule has 0 aromatic carbocycles. The van der Waals surface area contributed by atoms with Crippen LogP contribution in [0.1, 0.15) is 208 Å². The lowest BCUT2D eigenvalue weighted by Gasteiger charge is -2.64. The Labute approximate surface area is 495 Å². The Morgan fingerprint density at radius 3 is 1.42 bits per heavy atom. The fraction of sp³-hybridized carbons (Fsp3) is 0.944. The number of rotatable bonds is 6. The van der Waals surface area contributed by atoms with E-state index in [2.05, 4.69) is 47.6 Å². The molecule has 460 valence electrons. The lowest BCUT2D eigenvalue weighted by molar-refractivity contribution is -0.237. The lowest BCUT2D eigenvalue weighted by atomic mass is 9.42. The molecule has 18 fully saturated rings. The zero-order chi connectivity index (χ0) is 57.7. The summed E-state index contributed by atoms with van der Waals surface area (Å²) >= 11 is 0. The topological polar surface area (TPSA) is 205 Å². The number of ketones is 1. The van der Waals surface area contributed by atoms with Crippen molar-refractivity contribution in [2.24, 2.45) is 157 Å². The van der Waals surface area contributed by atoms with Crippen molar-refractivity contribution in [2.45, 2.75) is 249 Å². The smallest absolute Gasteiger partial charge is 0.306 e. The Bertz CT molecular complexity index is 2690. The molecule has 18 aliphatic carbocycles. The van der Waals surface area contributed by atoms with Gasteiger partial charge in [0.2, 0.25) is 0 Å². The summed E-state index contributed by atoms with van der Waals surface area (Å²) in [5, 5.41) is 86.9. The van der Waals surface area contributed by atoms with E-state index in [0.29, 0.717) is 133 Å². The van der Waals surface area contributed by atoms with Gasteiger partial charge in [0.15, 0.2) is 5.78 Å². The van der Waals surface area contributed by atoms with Crippen molar-refractivity contribution in [1.82, 2.24) is 0 Å². The van der Waals surface area contributed by atoms with E-state index in [9.17, 15) is 50.4 Å². The highest BCUT2D eigenvalue weighted by molar-refractivity contribution is 5.92. The molecule has 0 aromatic heterocycles. The average Bonchev–Trinajstić information content (AvgIpc) is 1.58. The van der Waals surface area contributed by atoms with Crippen LogP contribution in [-0.4, -0.2) is 106 Å². The van der Waals surface area contributed by atoms with E-state index in [4.69, 9.17) is 4.74 Å². The monoisotopic (exact) mass is 1150 g/mol. The van der Waals surface area contributed by atoms with Gasteiger partial charge in [0.1, 0.15) is 5.60 Å². The molecule has 34 atom stereocenters. The maximum atomic E-state index is 12.2. The summed E-state index contributed by atoms with van der Waals surface area (Å²) in [5.74, 6) is 13.3. The number of carbonyl (C=O) groups is 2. The fourth-order valence-corrected chi connectivity index (χ4v) is 30.0. The van der Waals surface area contributed by atoms with Gasteiger partial charge in [-0.3, -0.25) is 9.59 Å². The summed E-state index contributed by atoms with van der Waals surface area (Å²) in [7, 11) is 0. The number of aliphatic hydroxyl groups is 8. The molecule has 0 bridgehead atoms. The minimum absolute atomic E-state index is 0.0238. The quantitative estimate of drug-likeness (QED) is 0.118. The molecular weight excluding hydrogens is 1040 g/mol. The number of hydrogen-bond donors (Lipinski definition) is 8. The molecule has 19 aliphatic rings. The molecule has 1 saturated heterocycles. The van der Waals surface area contributed by atoms with E-state index in [1.807, 2.05) is 0 Å². The maximum Gasteiger partial charge on any atom is 0.306 e. The van der Waals surface area contributed by atoms with Gasteiger partial charge in [-0.2, -0.15) is 0 Å². The van der Waals surface area contributed by atoms with Gasteiger partial charge in [-0.1, -0.05) is 47.1 Å². The van der Waals surface area contributed by atoms with Crippen LogP contribution >= 0.6 is 0 Å². The van der Waals surface area contributed by atoms with Gasteiger partial charge < -0.3 is 45.6 Å². The number of fused-ring (bicyclic) bond motifs is 32. The zero-order valence-electron chi connectivity index (χ0n) is 51.5. The first-order valence-corrected chi connectivity index (χ1v) is 35.3. The van der Waals surface area contributed by atoms with Crippen LogP contribution in [-0.2, 0) is 14.3 Å². The molecule has 83 heavy (non-hydrogen) atoms. The molecule has 1 aliphatic heterocycles. The average molecular weight is 1150 g/mol. The summed E-state index contributed by atoms with van der Waals surface area (Å²) in [5.41, 5.74) is -0.914. The second-order valence-corrected chi connectivity index (χ2v) is 35.9. The van der Waals surface area contributed by atoms with E-state index in [0.717, 1.165) is 126 Å². The van der Waals surface area contributed by atoms with Crippen LogP contribution in [0.2, 0.25) is 0 Å². The number of carbonyl (C=O) groups excluding carboxylic acids is 2. The number of esters is 1. The van der Waals surface area contributed by atoms with E-state index < -0.39 is 22.4 Å². The molecule has 0 radical (unpaired) electrons. The van der Waals surface area contributed by atoms with Crippen molar-refractivity contribution in [2.75, 3.05) is 13.2 Å². The Morgan fingerprint density at radius 1 is 0.470 bits per heavy atom. The van der Waals surface area contributed by atoms with E-state index in [1.165, 1.54) is 44.1 Å². The zero-order valence-corrected chi connectivity index (χ0v) is 51.5. The van der Waals surface area contributed by atoms with Crippen LogP contribution in [0.15, 0.2) is 11.6 Å². The third-order valence-electron chi connectivity index (χ3n) is 33.9. The molecule has 0 aromatic rings. The van der Waals surface area contributed by atoms with Crippen molar-refractivity contribution in [3.05, 3.63) is 11.6 Å². The molecule has 0 amide bonds. The first-order chi connectivity index (χ1) is 39.3. The third kappa shape index (κ3) is 6.60. The van der Waals surface area contributed by atoms with Crippen LogP contribution < -0.4 is 0 Å². The van der Waals surface area contributed by atoms with Crippen molar-refractivity contribution in [3.8, 4) is 0 Å². The highest BCUT2D eigenvalue weighted by Crippen LogP contribution is 2.86. The molecular formula is C72H106O11. The summed E-state index contributed by atoms with van der Waals surface area (Å²) in [6, 6.07) is 0. The highest BCUT2D eigenvalue weighted by atomic mass is 16.6. The van der Waals surface area contributed by atoms with Crippen molar-refractivity contribution in [3.63, 3.8) is 0 Å². The van der Waals surface area contributed by atoms with E-state index >= 15 is 0 Å². The predicted molar refractivity (Wildman–Crippen MR) is 310 cm³/mol. The Balaban J connectivity index is 0.0000000984. The van der Waals surface area contributed by atoms with Gasteiger partial charge in [-0.25, -0.2) is 0 Å².